The summed E-state index contributed by atoms with van der Waals surface area (Å²) in [6.45, 7) is 3.35. The first kappa shape index (κ1) is 17.7. The van der Waals surface area contributed by atoms with Crippen molar-refractivity contribution in [2.75, 3.05) is 11.9 Å². The average Bonchev–Trinajstić information content (AvgIpc) is 2.67. The monoisotopic (exact) mass is 345 g/mol. The van der Waals surface area contributed by atoms with E-state index in [2.05, 4.69) is 52.9 Å². The lowest BCUT2D eigenvalue weighted by Gasteiger charge is -2.09. The summed E-state index contributed by atoms with van der Waals surface area (Å²) in [7, 11) is 0. The van der Waals surface area contributed by atoms with Crippen molar-refractivity contribution in [2.24, 2.45) is 0 Å². The second-order valence-electron chi connectivity index (χ2n) is 6.26. The molecule has 26 heavy (non-hydrogen) atoms. The zero-order valence-electron chi connectivity index (χ0n) is 14.9. The van der Waals surface area contributed by atoms with Crippen LogP contribution in [0.1, 0.15) is 27.0 Å². The van der Waals surface area contributed by atoms with Gasteiger partial charge in [-0.25, -0.2) is 4.98 Å². The number of hydrogen-bond donors (Lipinski definition) is 2. The van der Waals surface area contributed by atoms with E-state index < -0.39 is 0 Å². The Balaban J connectivity index is 1.53. The Labute approximate surface area is 154 Å². The first-order chi connectivity index (χ1) is 12.7. The molecule has 3 aromatic rings. The van der Waals surface area contributed by atoms with Crippen molar-refractivity contribution in [3.8, 4) is 0 Å². The number of aromatic nitrogens is 1. The van der Waals surface area contributed by atoms with Crippen molar-refractivity contribution in [3.05, 3.63) is 95.2 Å². The van der Waals surface area contributed by atoms with Crippen molar-refractivity contribution >= 4 is 11.7 Å². The quantitative estimate of drug-likeness (QED) is 0.681. The minimum absolute atomic E-state index is 0.0815. The molecule has 0 unspecified atom stereocenters. The molecule has 0 fully saturated rings. The van der Waals surface area contributed by atoms with Crippen molar-refractivity contribution in [1.82, 2.24) is 10.3 Å². The number of hydrogen-bond acceptors (Lipinski definition) is 3. The smallest absolute Gasteiger partial charge is 0.251 e. The van der Waals surface area contributed by atoms with Gasteiger partial charge in [0, 0.05) is 24.8 Å². The predicted molar refractivity (Wildman–Crippen MR) is 105 cm³/mol. The van der Waals surface area contributed by atoms with E-state index in [9.17, 15) is 4.79 Å². The van der Waals surface area contributed by atoms with Gasteiger partial charge in [-0.15, -0.1) is 0 Å². The van der Waals surface area contributed by atoms with E-state index in [0.29, 0.717) is 24.5 Å². The molecule has 0 saturated heterocycles. The third-order valence-corrected chi connectivity index (χ3v) is 4.12. The molecule has 0 saturated carbocycles. The molecule has 0 aliphatic rings. The first-order valence-electron chi connectivity index (χ1n) is 8.78. The Morgan fingerprint density at radius 2 is 1.77 bits per heavy atom. The van der Waals surface area contributed by atoms with Crippen LogP contribution < -0.4 is 10.6 Å². The Morgan fingerprint density at radius 3 is 2.58 bits per heavy atom. The molecule has 0 aliphatic carbocycles. The van der Waals surface area contributed by atoms with Gasteiger partial charge in [-0.05, 0) is 36.6 Å². The van der Waals surface area contributed by atoms with E-state index >= 15 is 0 Å². The summed E-state index contributed by atoms with van der Waals surface area (Å²) in [6, 6.07) is 22.0. The molecular weight excluding hydrogens is 322 g/mol. The maximum Gasteiger partial charge on any atom is 0.251 e. The van der Waals surface area contributed by atoms with Gasteiger partial charge < -0.3 is 10.6 Å². The maximum atomic E-state index is 12.3. The zero-order valence-corrected chi connectivity index (χ0v) is 14.9. The SMILES string of the molecule is Cc1cccc(CNc2cc(C(=O)NCCc3ccccc3)ccn2)c1. The lowest BCUT2D eigenvalue weighted by Crippen LogP contribution is -2.25. The first-order valence-corrected chi connectivity index (χ1v) is 8.78. The summed E-state index contributed by atoms with van der Waals surface area (Å²) < 4.78 is 0. The van der Waals surface area contributed by atoms with E-state index in [4.69, 9.17) is 0 Å². The van der Waals surface area contributed by atoms with Gasteiger partial charge >= 0.3 is 0 Å². The van der Waals surface area contributed by atoms with Crippen LogP contribution in [-0.2, 0) is 13.0 Å². The number of amides is 1. The van der Waals surface area contributed by atoms with Gasteiger partial charge in [-0.1, -0.05) is 60.2 Å². The summed E-state index contributed by atoms with van der Waals surface area (Å²) in [5.74, 6) is 0.615. The third kappa shape index (κ3) is 5.18. The fourth-order valence-electron chi connectivity index (χ4n) is 2.75. The molecule has 3 rings (SSSR count). The van der Waals surface area contributed by atoms with Crippen molar-refractivity contribution in [1.29, 1.82) is 0 Å². The van der Waals surface area contributed by atoms with E-state index in [1.54, 1.807) is 18.3 Å². The molecule has 0 aliphatic heterocycles. The molecule has 0 atom stereocenters. The minimum atomic E-state index is -0.0815. The number of benzene rings is 2. The highest BCUT2D eigenvalue weighted by molar-refractivity contribution is 5.94. The number of carbonyl (C=O) groups is 1. The molecule has 0 spiro atoms. The molecule has 0 radical (unpaired) electrons. The molecule has 4 nitrogen and oxygen atoms in total. The molecule has 1 amide bonds. The van der Waals surface area contributed by atoms with Crippen molar-refractivity contribution in [2.45, 2.75) is 19.9 Å². The number of pyridine rings is 1. The number of anilines is 1. The van der Waals surface area contributed by atoms with Crippen LogP contribution >= 0.6 is 0 Å². The summed E-state index contributed by atoms with van der Waals surface area (Å²) in [4.78, 5) is 16.6. The van der Waals surface area contributed by atoms with Gasteiger partial charge in [-0.3, -0.25) is 4.79 Å². The lowest BCUT2D eigenvalue weighted by atomic mass is 10.1. The highest BCUT2D eigenvalue weighted by Crippen LogP contribution is 2.10. The summed E-state index contributed by atoms with van der Waals surface area (Å²) in [6.07, 6.45) is 2.47. The summed E-state index contributed by atoms with van der Waals surface area (Å²) >= 11 is 0. The van der Waals surface area contributed by atoms with Gasteiger partial charge in [0.2, 0.25) is 0 Å². The van der Waals surface area contributed by atoms with Crippen LogP contribution in [0.4, 0.5) is 5.82 Å². The molecular formula is C22H23N3O. The topological polar surface area (TPSA) is 54.0 Å². The van der Waals surface area contributed by atoms with E-state index in [0.717, 1.165) is 6.42 Å². The van der Waals surface area contributed by atoms with Crippen LogP contribution in [0.2, 0.25) is 0 Å². The molecule has 1 aromatic heterocycles. The standard InChI is InChI=1S/C22H23N3O/c1-17-6-5-9-19(14-17)16-25-21-15-20(11-13-23-21)22(26)24-12-10-18-7-3-2-4-8-18/h2-9,11,13-15H,10,12,16H2,1H3,(H,23,25)(H,24,26). The molecule has 0 bridgehead atoms. The summed E-state index contributed by atoms with van der Waals surface area (Å²) in [5, 5.41) is 6.24. The Kier molecular flexibility index (Phi) is 5.99. The third-order valence-electron chi connectivity index (χ3n) is 4.12. The molecule has 132 valence electrons. The van der Waals surface area contributed by atoms with E-state index in [1.165, 1.54) is 16.7 Å². The van der Waals surface area contributed by atoms with Crippen LogP contribution in [0.3, 0.4) is 0 Å². The summed E-state index contributed by atoms with van der Waals surface area (Å²) in [5.41, 5.74) is 4.23. The number of aryl methyl sites for hydroxylation is 1. The second-order valence-corrected chi connectivity index (χ2v) is 6.26. The van der Waals surface area contributed by atoms with Gasteiger partial charge in [-0.2, -0.15) is 0 Å². The number of carbonyl (C=O) groups excluding carboxylic acids is 1. The Hall–Kier alpha value is -3.14. The van der Waals surface area contributed by atoms with Gasteiger partial charge in [0.05, 0.1) is 0 Å². The highest BCUT2D eigenvalue weighted by Gasteiger charge is 2.06. The Morgan fingerprint density at radius 1 is 0.962 bits per heavy atom. The number of rotatable bonds is 7. The van der Waals surface area contributed by atoms with Crippen LogP contribution in [0, 0.1) is 6.92 Å². The van der Waals surface area contributed by atoms with Crippen LogP contribution in [-0.4, -0.2) is 17.4 Å². The van der Waals surface area contributed by atoms with E-state index in [-0.39, 0.29) is 5.91 Å². The highest BCUT2D eigenvalue weighted by atomic mass is 16.1. The largest absolute Gasteiger partial charge is 0.366 e. The molecule has 4 heteroatoms. The molecule has 2 aromatic carbocycles. The normalized spacial score (nSPS) is 10.3. The fraction of sp³-hybridized carbons (Fsp3) is 0.182. The predicted octanol–water partition coefficient (Wildman–Crippen LogP) is 3.97. The van der Waals surface area contributed by atoms with Crippen LogP contribution in [0.25, 0.3) is 0 Å². The molecule has 2 N–H and O–H groups in total. The van der Waals surface area contributed by atoms with Crippen molar-refractivity contribution < 1.29 is 4.79 Å². The lowest BCUT2D eigenvalue weighted by molar-refractivity contribution is 0.0954. The average molecular weight is 345 g/mol. The van der Waals surface area contributed by atoms with Crippen LogP contribution in [0.5, 0.6) is 0 Å². The van der Waals surface area contributed by atoms with Crippen molar-refractivity contribution in [3.63, 3.8) is 0 Å². The molecule has 1 heterocycles. The van der Waals surface area contributed by atoms with Gasteiger partial charge in [0.15, 0.2) is 0 Å². The Bertz CT molecular complexity index is 862. The number of nitrogens with zero attached hydrogens (tertiary/aromatic N) is 1. The van der Waals surface area contributed by atoms with Gasteiger partial charge in [0.1, 0.15) is 5.82 Å². The van der Waals surface area contributed by atoms with Gasteiger partial charge in [0.25, 0.3) is 5.91 Å². The fourth-order valence-corrected chi connectivity index (χ4v) is 2.75. The van der Waals surface area contributed by atoms with E-state index in [1.807, 2.05) is 24.3 Å². The second kappa shape index (κ2) is 8.81. The minimum Gasteiger partial charge on any atom is -0.366 e. The maximum absolute atomic E-state index is 12.3. The number of nitrogens with one attached hydrogen (secondary N) is 2. The zero-order chi connectivity index (χ0) is 18.2. The van der Waals surface area contributed by atoms with Crippen LogP contribution in [0.15, 0.2) is 72.9 Å².